The molecule has 4 nitrogen and oxygen atoms in total. The fraction of sp³-hybridized carbons (Fsp3) is 0.444. The zero-order chi connectivity index (χ0) is 9.97. The van der Waals surface area contributed by atoms with Gasteiger partial charge in [-0.05, 0) is 18.9 Å². The topological polar surface area (TPSA) is 56.6 Å². The average Bonchev–Trinajstić information content (AvgIpc) is 2.71. The normalized spacial score (nSPS) is 16.0. The van der Waals surface area contributed by atoms with Crippen molar-refractivity contribution in [1.82, 2.24) is 4.98 Å². The van der Waals surface area contributed by atoms with Gasteiger partial charge in [0.1, 0.15) is 5.82 Å². The summed E-state index contributed by atoms with van der Waals surface area (Å²) in [5.41, 5.74) is 0.438. The van der Waals surface area contributed by atoms with Crippen molar-refractivity contribution in [2.75, 3.05) is 18.0 Å². The van der Waals surface area contributed by atoms with E-state index in [1.165, 1.54) is 19.0 Å². The fourth-order valence-electron chi connectivity index (χ4n) is 1.68. The van der Waals surface area contributed by atoms with E-state index in [1.54, 1.807) is 6.07 Å². The Morgan fingerprint density at radius 1 is 1.21 bits per heavy atom. The molecule has 1 aliphatic rings. The summed E-state index contributed by atoms with van der Waals surface area (Å²) in [4.78, 5) is 6.39. The quantitative estimate of drug-likeness (QED) is 0.612. The lowest BCUT2D eigenvalue weighted by molar-refractivity contribution is 0.425. The van der Waals surface area contributed by atoms with Crippen LogP contribution in [0.25, 0.3) is 0 Å². The van der Waals surface area contributed by atoms with E-state index >= 15 is 0 Å². The largest absolute Gasteiger partial charge is 0.490 e. The van der Waals surface area contributed by atoms with Gasteiger partial charge >= 0.3 is 7.12 Å². The first-order valence-corrected chi connectivity index (χ1v) is 4.84. The standard InChI is InChI=1S/C9H13BN2O2/c13-10(14)8-3-4-9(11-7-8)12-5-1-2-6-12/h3-4,7,13-14H,1-2,5-6H2. The van der Waals surface area contributed by atoms with Crippen LogP contribution in [0.4, 0.5) is 5.82 Å². The molecular formula is C9H13BN2O2. The van der Waals surface area contributed by atoms with Crippen LogP contribution in [0.3, 0.4) is 0 Å². The Morgan fingerprint density at radius 3 is 2.43 bits per heavy atom. The second-order valence-corrected chi connectivity index (χ2v) is 3.52. The zero-order valence-corrected chi connectivity index (χ0v) is 7.93. The number of hydrogen-bond donors (Lipinski definition) is 2. The number of nitrogens with zero attached hydrogens (tertiary/aromatic N) is 2. The van der Waals surface area contributed by atoms with Gasteiger partial charge in [0, 0.05) is 24.7 Å². The van der Waals surface area contributed by atoms with Crippen LogP contribution in [-0.2, 0) is 0 Å². The van der Waals surface area contributed by atoms with Crippen LogP contribution in [0.1, 0.15) is 12.8 Å². The van der Waals surface area contributed by atoms with E-state index in [4.69, 9.17) is 10.0 Å². The summed E-state index contributed by atoms with van der Waals surface area (Å²) in [5.74, 6) is 0.923. The highest BCUT2D eigenvalue weighted by molar-refractivity contribution is 6.58. The number of pyridine rings is 1. The molecule has 5 heteroatoms. The molecule has 0 radical (unpaired) electrons. The first-order chi connectivity index (χ1) is 6.77. The highest BCUT2D eigenvalue weighted by atomic mass is 16.4. The van der Waals surface area contributed by atoms with Gasteiger partial charge in [0.05, 0.1) is 0 Å². The lowest BCUT2D eigenvalue weighted by atomic mass is 9.82. The second-order valence-electron chi connectivity index (χ2n) is 3.52. The molecule has 0 bridgehead atoms. The molecule has 1 aromatic rings. The van der Waals surface area contributed by atoms with E-state index in [0.29, 0.717) is 5.46 Å². The number of hydrogen-bond acceptors (Lipinski definition) is 4. The van der Waals surface area contributed by atoms with Gasteiger partial charge in [-0.1, -0.05) is 6.07 Å². The second kappa shape index (κ2) is 3.98. The minimum Gasteiger partial charge on any atom is -0.423 e. The fourth-order valence-corrected chi connectivity index (χ4v) is 1.68. The molecule has 1 fully saturated rings. The third-order valence-electron chi connectivity index (χ3n) is 2.50. The monoisotopic (exact) mass is 192 g/mol. The summed E-state index contributed by atoms with van der Waals surface area (Å²) >= 11 is 0. The summed E-state index contributed by atoms with van der Waals surface area (Å²) < 4.78 is 0. The molecular weight excluding hydrogens is 179 g/mol. The molecule has 0 aliphatic carbocycles. The van der Waals surface area contributed by atoms with Crippen molar-refractivity contribution < 1.29 is 10.0 Å². The molecule has 2 N–H and O–H groups in total. The van der Waals surface area contributed by atoms with Crippen molar-refractivity contribution >= 4 is 18.4 Å². The van der Waals surface area contributed by atoms with Gasteiger partial charge in [-0.2, -0.15) is 0 Å². The van der Waals surface area contributed by atoms with Crippen LogP contribution < -0.4 is 10.4 Å². The minimum absolute atomic E-state index is 0.438. The predicted molar refractivity (Wildman–Crippen MR) is 55.5 cm³/mol. The SMILES string of the molecule is OB(O)c1ccc(N2CCCC2)nc1. The Labute approximate surface area is 83.3 Å². The molecule has 2 heterocycles. The van der Waals surface area contributed by atoms with E-state index < -0.39 is 7.12 Å². The van der Waals surface area contributed by atoms with Crippen LogP contribution in [0.2, 0.25) is 0 Å². The Morgan fingerprint density at radius 2 is 1.93 bits per heavy atom. The van der Waals surface area contributed by atoms with Gasteiger partial charge in [0.25, 0.3) is 0 Å². The summed E-state index contributed by atoms with van der Waals surface area (Å²) in [7, 11) is -1.42. The van der Waals surface area contributed by atoms with Crippen molar-refractivity contribution in [2.24, 2.45) is 0 Å². The van der Waals surface area contributed by atoms with Gasteiger partial charge in [-0.3, -0.25) is 0 Å². The van der Waals surface area contributed by atoms with Gasteiger partial charge < -0.3 is 14.9 Å². The van der Waals surface area contributed by atoms with Gasteiger partial charge in [0.15, 0.2) is 0 Å². The molecule has 1 aromatic heterocycles. The van der Waals surface area contributed by atoms with Crippen LogP contribution in [-0.4, -0.2) is 35.2 Å². The van der Waals surface area contributed by atoms with Crippen molar-refractivity contribution in [3.05, 3.63) is 18.3 Å². The van der Waals surface area contributed by atoms with Crippen LogP contribution in [0.15, 0.2) is 18.3 Å². The predicted octanol–water partition coefficient (Wildman–Crippen LogP) is -0.638. The van der Waals surface area contributed by atoms with Crippen LogP contribution >= 0.6 is 0 Å². The van der Waals surface area contributed by atoms with Gasteiger partial charge in [-0.25, -0.2) is 4.98 Å². The Balaban J connectivity index is 2.12. The van der Waals surface area contributed by atoms with Gasteiger partial charge in [-0.15, -0.1) is 0 Å². The molecule has 1 aliphatic heterocycles. The summed E-state index contributed by atoms with van der Waals surface area (Å²) in [5, 5.41) is 17.8. The van der Waals surface area contributed by atoms with Crippen LogP contribution in [0.5, 0.6) is 0 Å². The van der Waals surface area contributed by atoms with Crippen LogP contribution in [0, 0.1) is 0 Å². The molecule has 0 aromatic carbocycles. The first kappa shape index (κ1) is 9.49. The summed E-state index contributed by atoms with van der Waals surface area (Å²) in [6.07, 6.45) is 3.94. The Hall–Kier alpha value is -1.07. The van der Waals surface area contributed by atoms with Crippen molar-refractivity contribution in [2.45, 2.75) is 12.8 Å². The van der Waals surface area contributed by atoms with E-state index in [0.717, 1.165) is 18.9 Å². The van der Waals surface area contributed by atoms with Gasteiger partial charge in [0.2, 0.25) is 0 Å². The molecule has 0 amide bonds. The van der Waals surface area contributed by atoms with Crippen molar-refractivity contribution in [3.8, 4) is 0 Å². The van der Waals surface area contributed by atoms with E-state index in [9.17, 15) is 0 Å². The smallest absolute Gasteiger partial charge is 0.423 e. The molecule has 14 heavy (non-hydrogen) atoms. The number of anilines is 1. The van der Waals surface area contributed by atoms with E-state index in [1.807, 2.05) is 6.07 Å². The third kappa shape index (κ3) is 1.88. The number of rotatable bonds is 2. The minimum atomic E-state index is -1.42. The molecule has 0 spiro atoms. The average molecular weight is 192 g/mol. The maximum atomic E-state index is 8.88. The molecule has 1 saturated heterocycles. The molecule has 0 saturated carbocycles. The zero-order valence-electron chi connectivity index (χ0n) is 7.93. The van der Waals surface area contributed by atoms with Crippen molar-refractivity contribution in [1.29, 1.82) is 0 Å². The first-order valence-electron chi connectivity index (χ1n) is 4.84. The van der Waals surface area contributed by atoms with Crippen molar-refractivity contribution in [3.63, 3.8) is 0 Å². The molecule has 0 atom stereocenters. The highest BCUT2D eigenvalue weighted by Gasteiger charge is 2.15. The van der Waals surface area contributed by atoms with E-state index in [-0.39, 0.29) is 0 Å². The summed E-state index contributed by atoms with van der Waals surface area (Å²) in [6, 6.07) is 3.53. The lowest BCUT2D eigenvalue weighted by Crippen LogP contribution is -2.30. The lowest BCUT2D eigenvalue weighted by Gasteiger charge is -2.15. The number of aromatic nitrogens is 1. The molecule has 2 rings (SSSR count). The maximum Gasteiger partial charge on any atom is 0.490 e. The molecule has 0 unspecified atom stereocenters. The molecule has 74 valence electrons. The Bertz CT molecular complexity index is 296. The highest BCUT2D eigenvalue weighted by Crippen LogP contribution is 2.15. The maximum absolute atomic E-state index is 8.88. The Kier molecular flexibility index (Phi) is 2.70. The van der Waals surface area contributed by atoms with E-state index in [2.05, 4.69) is 9.88 Å². The summed E-state index contributed by atoms with van der Waals surface area (Å²) in [6.45, 7) is 2.10. The third-order valence-corrected chi connectivity index (χ3v) is 2.50.